The molecule has 5 heteroatoms. The smallest absolute Gasteiger partial charge is 0.220 e. The fraction of sp³-hybridized carbons (Fsp3) is 0.533. The Balaban J connectivity index is 1.79. The van der Waals surface area contributed by atoms with Gasteiger partial charge in [0.05, 0.1) is 0 Å². The molecule has 2 N–H and O–H groups in total. The van der Waals surface area contributed by atoms with Crippen LogP contribution in [0.5, 0.6) is 0 Å². The minimum absolute atomic E-state index is 0.151. The van der Waals surface area contributed by atoms with Gasteiger partial charge in [0.15, 0.2) is 0 Å². The van der Waals surface area contributed by atoms with Gasteiger partial charge in [0.1, 0.15) is 0 Å². The van der Waals surface area contributed by atoms with Gasteiger partial charge in [-0.2, -0.15) is 0 Å². The molecule has 0 spiro atoms. The number of benzene rings is 1. The standard InChI is InChI=1S/C15H22ClN3O/c1-17-8-3-6-15(20)18-13-7-9-19(11-13)14-5-2-4-12(16)10-14/h2,4-5,10,13,17H,3,6-9,11H2,1H3,(H,18,20). The van der Waals surface area contributed by atoms with Crippen molar-refractivity contribution in [3.05, 3.63) is 29.3 Å². The normalized spacial score (nSPS) is 18.3. The van der Waals surface area contributed by atoms with E-state index in [1.54, 1.807) is 0 Å². The van der Waals surface area contributed by atoms with Crippen molar-refractivity contribution in [3.63, 3.8) is 0 Å². The van der Waals surface area contributed by atoms with E-state index in [0.717, 1.165) is 43.2 Å². The first kappa shape index (κ1) is 15.1. The predicted molar refractivity (Wildman–Crippen MR) is 83.4 cm³/mol. The Bertz CT molecular complexity index is 452. The van der Waals surface area contributed by atoms with Crippen LogP contribution in [0.3, 0.4) is 0 Å². The Morgan fingerprint density at radius 2 is 2.35 bits per heavy atom. The van der Waals surface area contributed by atoms with E-state index in [9.17, 15) is 4.79 Å². The third-order valence-electron chi connectivity index (χ3n) is 3.56. The molecule has 1 atom stereocenters. The Morgan fingerprint density at radius 3 is 3.10 bits per heavy atom. The zero-order valence-corrected chi connectivity index (χ0v) is 12.6. The van der Waals surface area contributed by atoms with Gasteiger partial charge in [-0.05, 0) is 44.6 Å². The molecule has 1 aromatic carbocycles. The van der Waals surface area contributed by atoms with Crippen LogP contribution in [-0.2, 0) is 4.79 Å². The van der Waals surface area contributed by atoms with Gasteiger partial charge in [0.25, 0.3) is 0 Å². The molecule has 0 aromatic heterocycles. The van der Waals surface area contributed by atoms with E-state index in [2.05, 4.69) is 21.6 Å². The van der Waals surface area contributed by atoms with Crippen LogP contribution in [-0.4, -0.2) is 38.6 Å². The molecule has 110 valence electrons. The van der Waals surface area contributed by atoms with Crippen molar-refractivity contribution >= 4 is 23.2 Å². The minimum Gasteiger partial charge on any atom is -0.369 e. The summed E-state index contributed by atoms with van der Waals surface area (Å²) in [6.45, 7) is 2.70. The van der Waals surface area contributed by atoms with Crippen LogP contribution in [0, 0.1) is 0 Å². The highest BCUT2D eigenvalue weighted by Gasteiger charge is 2.23. The van der Waals surface area contributed by atoms with Crippen LogP contribution in [0.15, 0.2) is 24.3 Å². The summed E-state index contributed by atoms with van der Waals surface area (Å²) in [6, 6.07) is 8.11. The molecule has 1 aromatic rings. The summed E-state index contributed by atoms with van der Waals surface area (Å²) in [5.74, 6) is 0.151. The van der Waals surface area contributed by atoms with E-state index >= 15 is 0 Å². The molecule has 1 unspecified atom stereocenters. The van der Waals surface area contributed by atoms with Crippen LogP contribution in [0.2, 0.25) is 5.02 Å². The summed E-state index contributed by atoms with van der Waals surface area (Å²) >= 11 is 6.01. The van der Waals surface area contributed by atoms with E-state index in [1.807, 2.05) is 25.2 Å². The van der Waals surface area contributed by atoms with Crippen LogP contribution >= 0.6 is 11.6 Å². The number of halogens is 1. The molecule has 0 aliphatic carbocycles. The van der Waals surface area contributed by atoms with Gasteiger partial charge in [0, 0.05) is 36.3 Å². The first-order valence-electron chi connectivity index (χ1n) is 7.13. The maximum atomic E-state index is 11.8. The van der Waals surface area contributed by atoms with Crippen LogP contribution in [0.25, 0.3) is 0 Å². The largest absolute Gasteiger partial charge is 0.369 e. The van der Waals surface area contributed by atoms with Gasteiger partial charge < -0.3 is 15.5 Å². The lowest BCUT2D eigenvalue weighted by Crippen LogP contribution is -2.37. The molecule has 0 bridgehead atoms. The van der Waals surface area contributed by atoms with Gasteiger partial charge in [-0.3, -0.25) is 4.79 Å². The summed E-state index contributed by atoms with van der Waals surface area (Å²) < 4.78 is 0. The molecule has 1 saturated heterocycles. The number of rotatable bonds is 6. The molecular formula is C15H22ClN3O. The molecule has 2 rings (SSSR count). The number of nitrogens with zero attached hydrogens (tertiary/aromatic N) is 1. The molecule has 1 aliphatic rings. The molecule has 0 radical (unpaired) electrons. The molecule has 1 heterocycles. The third kappa shape index (κ3) is 4.39. The first-order chi connectivity index (χ1) is 9.69. The van der Waals surface area contributed by atoms with E-state index in [4.69, 9.17) is 11.6 Å². The average Bonchev–Trinajstić information content (AvgIpc) is 2.87. The van der Waals surface area contributed by atoms with Crippen molar-refractivity contribution in [2.24, 2.45) is 0 Å². The maximum absolute atomic E-state index is 11.8. The van der Waals surface area contributed by atoms with Gasteiger partial charge in [-0.25, -0.2) is 0 Å². The minimum atomic E-state index is 0.151. The molecule has 0 saturated carbocycles. The number of carbonyl (C=O) groups is 1. The van der Waals surface area contributed by atoms with Gasteiger partial charge in [0.2, 0.25) is 5.91 Å². The lowest BCUT2D eigenvalue weighted by atomic mass is 10.2. The van der Waals surface area contributed by atoms with Crippen LogP contribution in [0.1, 0.15) is 19.3 Å². The Morgan fingerprint density at radius 1 is 1.50 bits per heavy atom. The van der Waals surface area contributed by atoms with E-state index in [-0.39, 0.29) is 11.9 Å². The van der Waals surface area contributed by atoms with E-state index in [0.29, 0.717) is 6.42 Å². The maximum Gasteiger partial charge on any atom is 0.220 e. The number of anilines is 1. The highest BCUT2D eigenvalue weighted by atomic mass is 35.5. The summed E-state index contributed by atoms with van der Waals surface area (Å²) in [6.07, 6.45) is 2.46. The quantitative estimate of drug-likeness (QED) is 0.790. The van der Waals surface area contributed by atoms with Gasteiger partial charge >= 0.3 is 0 Å². The summed E-state index contributed by atoms with van der Waals surface area (Å²) in [7, 11) is 1.90. The molecule has 1 amide bonds. The summed E-state index contributed by atoms with van der Waals surface area (Å²) in [5.41, 5.74) is 1.13. The number of amides is 1. The second-order valence-electron chi connectivity index (χ2n) is 5.19. The predicted octanol–water partition coefficient (Wildman–Crippen LogP) is 2.03. The zero-order valence-electron chi connectivity index (χ0n) is 11.9. The SMILES string of the molecule is CNCCCC(=O)NC1CCN(c2cccc(Cl)c2)C1. The number of nitrogens with one attached hydrogen (secondary N) is 2. The molecule has 20 heavy (non-hydrogen) atoms. The fourth-order valence-corrected chi connectivity index (χ4v) is 2.70. The number of carbonyl (C=O) groups excluding carboxylic acids is 1. The monoisotopic (exact) mass is 295 g/mol. The van der Waals surface area contributed by atoms with Crippen LogP contribution < -0.4 is 15.5 Å². The fourth-order valence-electron chi connectivity index (χ4n) is 2.51. The number of hydrogen-bond donors (Lipinski definition) is 2. The third-order valence-corrected chi connectivity index (χ3v) is 3.79. The molecule has 1 fully saturated rings. The average molecular weight is 296 g/mol. The van der Waals surface area contributed by atoms with Crippen molar-refractivity contribution in [2.45, 2.75) is 25.3 Å². The van der Waals surface area contributed by atoms with E-state index < -0.39 is 0 Å². The summed E-state index contributed by atoms with van der Waals surface area (Å²) in [5, 5.41) is 6.91. The topological polar surface area (TPSA) is 44.4 Å². The summed E-state index contributed by atoms with van der Waals surface area (Å²) in [4.78, 5) is 14.1. The second-order valence-corrected chi connectivity index (χ2v) is 5.62. The molecule has 1 aliphatic heterocycles. The lowest BCUT2D eigenvalue weighted by Gasteiger charge is -2.19. The Labute approximate surface area is 125 Å². The van der Waals surface area contributed by atoms with E-state index in [1.165, 1.54) is 0 Å². The van der Waals surface area contributed by atoms with Gasteiger partial charge in [-0.1, -0.05) is 17.7 Å². The van der Waals surface area contributed by atoms with Crippen molar-refractivity contribution in [1.82, 2.24) is 10.6 Å². The number of hydrogen-bond acceptors (Lipinski definition) is 3. The van der Waals surface area contributed by atoms with Crippen molar-refractivity contribution in [3.8, 4) is 0 Å². The van der Waals surface area contributed by atoms with Crippen molar-refractivity contribution < 1.29 is 4.79 Å². The van der Waals surface area contributed by atoms with Crippen molar-refractivity contribution in [1.29, 1.82) is 0 Å². The lowest BCUT2D eigenvalue weighted by molar-refractivity contribution is -0.121. The highest BCUT2D eigenvalue weighted by molar-refractivity contribution is 6.30. The zero-order chi connectivity index (χ0) is 14.4. The van der Waals surface area contributed by atoms with Crippen molar-refractivity contribution in [2.75, 3.05) is 31.6 Å². The Hall–Kier alpha value is -1.26. The molecular weight excluding hydrogens is 274 g/mol. The van der Waals surface area contributed by atoms with Gasteiger partial charge in [-0.15, -0.1) is 0 Å². The van der Waals surface area contributed by atoms with Crippen LogP contribution in [0.4, 0.5) is 5.69 Å². The second kappa shape index (κ2) is 7.50. The molecule has 4 nitrogen and oxygen atoms in total. The Kier molecular flexibility index (Phi) is 5.68. The highest BCUT2D eigenvalue weighted by Crippen LogP contribution is 2.23. The first-order valence-corrected chi connectivity index (χ1v) is 7.51.